The Kier molecular flexibility index (Phi) is 24.8. The zero-order valence-electron chi connectivity index (χ0n) is 14.6. The third-order valence-corrected chi connectivity index (χ3v) is 3.65. The Morgan fingerprint density at radius 1 is 0.818 bits per heavy atom. The van der Waals surface area contributed by atoms with Gasteiger partial charge in [0.25, 0.3) is 0 Å². The summed E-state index contributed by atoms with van der Waals surface area (Å²) in [6.07, 6.45) is 21.2. The first-order valence-electron chi connectivity index (χ1n) is 8.97. The zero-order valence-corrected chi connectivity index (χ0v) is 15.7. The maximum Gasteiger partial charge on any atom is 0.303 e. The van der Waals surface area contributed by atoms with Crippen LogP contribution >= 0.6 is 9.39 Å². The molecule has 22 heavy (non-hydrogen) atoms. The van der Waals surface area contributed by atoms with Gasteiger partial charge in [-0.3, -0.25) is 4.79 Å². The highest BCUT2D eigenvalue weighted by Gasteiger charge is 1.95. The van der Waals surface area contributed by atoms with Crippen LogP contribution in [0.2, 0.25) is 0 Å². The second kappa shape index (κ2) is 22.9. The molecule has 4 heteroatoms. The fourth-order valence-corrected chi connectivity index (χ4v) is 2.35. The lowest BCUT2D eigenvalue weighted by molar-refractivity contribution is -0.137. The molecule has 0 aliphatic carbocycles. The SMILES string of the molecule is CCCCCCCC/C=C\CCCCCCCC(=O)O.NP. The van der Waals surface area contributed by atoms with E-state index in [0.29, 0.717) is 6.42 Å². The van der Waals surface area contributed by atoms with Crippen molar-refractivity contribution in [3.63, 3.8) is 0 Å². The summed E-state index contributed by atoms with van der Waals surface area (Å²) in [5.41, 5.74) is 4.42. The average Bonchev–Trinajstić information content (AvgIpc) is 2.53. The van der Waals surface area contributed by atoms with E-state index in [9.17, 15) is 4.79 Å². The van der Waals surface area contributed by atoms with Crippen molar-refractivity contribution in [3.8, 4) is 0 Å². The molecule has 0 aliphatic heterocycles. The van der Waals surface area contributed by atoms with Crippen LogP contribution in [0.4, 0.5) is 0 Å². The summed E-state index contributed by atoms with van der Waals surface area (Å²) in [5.74, 6) is -0.664. The minimum absolute atomic E-state index is 0.332. The molecule has 3 nitrogen and oxygen atoms in total. The minimum Gasteiger partial charge on any atom is -0.481 e. The van der Waals surface area contributed by atoms with Crippen molar-refractivity contribution in [1.29, 1.82) is 0 Å². The second-order valence-corrected chi connectivity index (χ2v) is 5.73. The standard InChI is InChI=1S/C18H34O2.H4NP/c1-2-3-4-5-6-7-8-9-10-11-12-13-14-15-16-17-18(19)20;1-2/h9-10H,2-8,11-17H2,1H3,(H,19,20);1-2H2/b10-9-;. The molecular formula is C18H38NO2P. The molecule has 0 bridgehead atoms. The molecule has 0 amide bonds. The largest absolute Gasteiger partial charge is 0.481 e. The first kappa shape index (κ1) is 23.9. The van der Waals surface area contributed by atoms with Gasteiger partial charge in [0.2, 0.25) is 0 Å². The van der Waals surface area contributed by atoms with Gasteiger partial charge in [-0.05, 0) is 32.1 Å². The van der Waals surface area contributed by atoms with E-state index in [1.165, 1.54) is 70.6 Å². The number of carboxylic acids is 1. The van der Waals surface area contributed by atoms with Crippen LogP contribution in [-0.4, -0.2) is 11.1 Å². The van der Waals surface area contributed by atoms with Gasteiger partial charge in [0.15, 0.2) is 0 Å². The Morgan fingerprint density at radius 3 is 1.68 bits per heavy atom. The Balaban J connectivity index is 0. The lowest BCUT2D eigenvalue weighted by atomic mass is 10.1. The molecule has 0 saturated carbocycles. The molecule has 0 saturated heterocycles. The van der Waals surface area contributed by atoms with E-state index < -0.39 is 5.97 Å². The average molecular weight is 331 g/mol. The first-order chi connectivity index (χ1) is 10.8. The van der Waals surface area contributed by atoms with Crippen LogP contribution in [0.15, 0.2) is 12.2 Å². The van der Waals surface area contributed by atoms with Crippen molar-refractivity contribution in [2.75, 3.05) is 0 Å². The molecule has 0 aromatic carbocycles. The van der Waals surface area contributed by atoms with Crippen LogP contribution in [0.1, 0.15) is 96.8 Å². The van der Waals surface area contributed by atoms with Crippen molar-refractivity contribution >= 4 is 15.4 Å². The number of aliphatic carboxylic acids is 1. The summed E-state index contributed by atoms with van der Waals surface area (Å²) in [6, 6.07) is 0. The molecule has 0 aromatic heterocycles. The van der Waals surface area contributed by atoms with Crippen molar-refractivity contribution in [2.45, 2.75) is 96.8 Å². The number of hydrogen-bond acceptors (Lipinski definition) is 2. The summed E-state index contributed by atoms with van der Waals surface area (Å²) >= 11 is 0. The van der Waals surface area contributed by atoms with Crippen LogP contribution in [0.5, 0.6) is 0 Å². The molecule has 0 spiro atoms. The monoisotopic (exact) mass is 331 g/mol. The van der Waals surface area contributed by atoms with Crippen molar-refractivity contribution < 1.29 is 9.90 Å². The van der Waals surface area contributed by atoms with Crippen LogP contribution < -0.4 is 5.50 Å². The number of carboxylic acid groups (broad SMARTS) is 1. The molecule has 0 fully saturated rings. The summed E-state index contributed by atoms with van der Waals surface area (Å²) in [5, 5.41) is 8.51. The molecule has 0 aromatic rings. The lowest BCUT2D eigenvalue weighted by Gasteiger charge is -1.99. The molecule has 0 rings (SSSR count). The number of rotatable bonds is 15. The van der Waals surface area contributed by atoms with Crippen LogP contribution in [0.3, 0.4) is 0 Å². The fraction of sp³-hybridized carbons (Fsp3) is 0.833. The Bertz CT molecular complexity index is 245. The van der Waals surface area contributed by atoms with E-state index in [1.54, 1.807) is 0 Å². The van der Waals surface area contributed by atoms with Gasteiger partial charge in [-0.2, -0.15) is 0 Å². The number of hydrogen-bond donors (Lipinski definition) is 2. The summed E-state index contributed by atoms with van der Waals surface area (Å²) in [7, 11) is 1.92. The minimum atomic E-state index is -0.664. The Labute approximate surface area is 140 Å². The third-order valence-electron chi connectivity index (χ3n) is 3.65. The molecule has 0 aliphatic rings. The van der Waals surface area contributed by atoms with Gasteiger partial charge in [-0.1, -0.05) is 79.8 Å². The number of allylic oxidation sites excluding steroid dienone is 2. The predicted octanol–water partition coefficient (Wildman–Crippen LogP) is 5.84. The first-order valence-corrected chi connectivity index (χ1v) is 9.64. The molecule has 0 heterocycles. The number of unbranched alkanes of at least 4 members (excludes halogenated alkanes) is 11. The van der Waals surface area contributed by atoms with E-state index in [0.717, 1.165) is 12.8 Å². The lowest BCUT2D eigenvalue weighted by Crippen LogP contribution is -1.93. The van der Waals surface area contributed by atoms with Gasteiger partial charge in [-0.15, -0.1) is 0 Å². The van der Waals surface area contributed by atoms with Gasteiger partial charge in [0.05, 0.1) is 0 Å². The van der Waals surface area contributed by atoms with Gasteiger partial charge in [0.1, 0.15) is 0 Å². The number of nitrogens with two attached hydrogens (primary N) is 1. The summed E-state index contributed by atoms with van der Waals surface area (Å²) in [4.78, 5) is 10.3. The van der Waals surface area contributed by atoms with Gasteiger partial charge in [0, 0.05) is 6.42 Å². The van der Waals surface area contributed by atoms with E-state index in [4.69, 9.17) is 5.11 Å². The van der Waals surface area contributed by atoms with Crippen LogP contribution in [0, 0.1) is 0 Å². The maximum absolute atomic E-state index is 10.3. The van der Waals surface area contributed by atoms with Crippen LogP contribution in [0.25, 0.3) is 0 Å². The predicted molar refractivity (Wildman–Crippen MR) is 101 cm³/mol. The van der Waals surface area contributed by atoms with Crippen molar-refractivity contribution in [3.05, 3.63) is 12.2 Å². The van der Waals surface area contributed by atoms with Crippen molar-refractivity contribution in [2.24, 2.45) is 5.50 Å². The summed E-state index contributed by atoms with van der Waals surface area (Å²) in [6.45, 7) is 2.26. The molecule has 3 N–H and O–H groups in total. The quantitative estimate of drug-likeness (QED) is 0.225. The normalized spacial score (nSPS) is 10.5. The summed E-state index contributed by atoms with van der Waals surface area (Å²) < 4.78 is 0. The topological polar surface area (TPSA) is 63.3 Å². The zero-order chi connectivity index (χ0) is 16.9. The Morgan fingerprint density at radius 2 is 1.23 bits per heavy atom. The molecule has 0 radical (unpaired) electrons. The molecule has 1 unspecified atom stereocenters. The highest BCUT2D eigenvalue weighted by Crippen LogP contribution is 2.09. The van der Waals surface area contributed by atoms with E-state index >= 15 is 0 Å². The highest BCUT2D eigenvalue weighted by molar-refractivity contribution is 7.13. The highest BCUT2D eigenvalue weighted by atomic mass is 31.0. The number of carbonyl (C=O) groups is 1. The van der Waals surface area contributed by atoms with Gasteiger partial charge in [-0.25, -0.2) is 0 Å². The smallest absolute Gasteiger partial charge is 0.303 e. The molecule has 1 atom stereocenters. The van der Waals surface area contributed by atoms with E-state index in [1.807, 2.05) is 9.39 Å². The van der Waals surface area contributed by atoms with Crippen LogP contribution in [-0.2, 0) is 4.79 Å². The van der Waals surface area contributed by atoms with Gasteiger partial charge < -0.3 is 10.6 Å². The second-order valence-electron chi connectivity index (χ2n) is 5.73. The van der Waals surface area contributed by atoms with E-state index in [2.05, 4.69) is 24.6 Å². The van der Waals surface area contributed by atoms with Crippen molar-refractivity contribution in [1.82, 2.24) is 0 Å². The molecule has 132 valence electrons. The third kappa shape index (κ3) is 24.6. The molecular weight excluding hydrogens is 293 g/mol. The maximum atomic E-state index is 10.3. The van der Waals surface area contributed by atoms with E-state index in [-0.39, 0.29) is 0 Å². The van der Waals surface area contributed by atoms with Gasteiger partial charge >= 0.3 is 5.97 Å². The Hall–Kier alpha value is -0.400. The fourth-order valence-electron chi connectivity index (χ4n) is 2.35.